The number of aryl methyl sites for hydroxylation is 1. The van der Waals surface area contributed by atoms with Crippen LogP contribution in [0.25, 0.3) is 22.3 Å². The van der Waals surface area contributed by atoms with Crippen LogP contribution in [0.5, 0.6) is 0 Å². The van der Waals surface area contributed by atoms with Crippen LogP contribution in [0.4, 0.5) is 10.1 Å². The third kappa shape index (κ3) is 4.66. The molecule has 0 unspecified atom stereocenters. The van der Waals surface area contributed by atoms with E-state index in [4.69, 9.17) is 5.73 Å². The van der Waals surface area contributed by atoms with Crippen molar-refractivity contribution in [2.24, 2.45) is 5.73 Å². The van der Waals surface area contributed by atoms with Gasteiger partial charge in [-0.25, -0.2) is 12.8 Å². The van der Waals surface area contributed by atoms with E-state index in [2.05, 4.69) is 14.3 Å². The number of amides is 1. The quantitative estimate of drug-likeness (QED) is 0.463. The summed E-state index contributed by atoms with van der Waals surface area (Å²) < 4.78 is 43.6. The maximum absolute atomic E-state index is 14.8. The van der Waals surface area contributed by atoms with Gasteiger partial charge in [-0.2, -0.15) is 0 Å². The molecule has 35 heavy (non-hydrogen) atoms. The number of sulfonamides is 1. The van der Waals surface area contributed by atoms with Gasteiger partial charge in [0.2, 0.25) is 10.0 Å². The van der Waals surface area contributed by atoms with Gasteiger partial charge in [-0.15, -0.1) is 0 Å². The summed E-state index contributed by atoms with van der Waals surface area (Å²) in [6.45, 7) is 6.74. The van der Waals surface area contributed by atoms with Crippen molar-refractivity contribution in [1.29, 1.82) is 0 Å². The number of carbonyl (C=O) groups excluding carboxylic acids is 1. The van der Waals surface area contributed by atoms with Crippen LogP contribution in [0.1, 0.15) is 81.8 Å². The van der Waals surface area contributed by atoms with Gasteiger partial charge in [-0.3, -0.25) is 14.5 Å². The number of rotatable bonds is 6. The molecule has 7 nitrogen and oxygen atoms in total. The smallest absolute Gasteiger partial charge is 0.251 e. The van der Waals surface area contributed by atoms with Crippen LogP contribution < -0.4 is 10.5 Å². The fourth-order valence-electron chi connectivity index (χ4n) is 4.77. The second-order valence-corrected chi connectivity index (χ2v) is 12.6. The number of hydrogen-bond donors (Lipinski definition) is 2. The third-order valence-electron chi connectivity index (χ3n) is 6.80. The highest BCUT2D eigenvalue weighted by Gasteiger charge is 2.31. The minimum absolute atomic E-state index is 0.130. The van der Waals surface area contributed by atoms with Gasteiger partial charge >= 0.3 is 0 Å². The van der Waals surface area contributed by atoms with Crippen LogP contribution in [-0.4, -0.2) is 28.6 Å². The van der Waals surface area contributed by atoms with E-state index in [1.54, 1.807) is 32.9 Å². The molecule has 0 bridgehead atoms. The number of halogens is 1. The normalized spacial score (nSPS) is 15.5. The summed E-state index contributed by atoms with van der Waals surface area (Å²) in [4.78, 5) is 17.2. The average molecular weight is 501 g/mol. The standard InChI is InChI=1S/C26H33FN4O3S/c1-5-16-13-22-19(14-20(16)27)23(25(28)32)24(31(22)18-9-7-6-8-10-18)21-12-11-17(15-29-21)30-35(33,34)26(2,3)4/h11-15,18,30H,5-10H2,1-4H3,(H2,28,32). The Morgan fingerprint density at radius 1 is 1.20 bits per heavy atom. The first-order valence-electron chi connectivity index (χ1n) is 12.1. The maximum Gasteiger partial charge on any atom is 0.251 e. The van der Waals surface area contributed by atoms with Crippen molar-refractivity contribution in [1.82, 2.24) is 9.55 Å². The van der Waals surface area contributed by atoms with Crippen LogP contribution in [0, 0.1) is 5.82 Å². The van der Waals surface area contributed by atoms with E-state index in [9.17, 15) is 17.6 Å². The summed E-state index contributed by atoms with van der Waals surface area (Å²) in [5.41, 5.74) is 8.80. The molecule has 1 saturated carbocycles. The average Bonchev–Trinajstić information content (AvgIpc) is 3.12. The molecule has 188 valence electrons. The molecule has 1 aromatic carbocycles. The van der Waals surface area contributed by atoms with E-state index in [1.165, 1.54) is 12.3 Å². The van der Waals surface area contributed by atoms with Crippen molar-refractivity contribution < 1.29 is 17.6 Å². The molecule has 2 aromatic heterocycles. The molecule has 2 heterocycles. The van der Waals surface area contributed by atoms with Crippen molar-refractivity contribution in [3.63, 3.8) is 0 Å². The van der Waals surface area contributed by atoms with Crippen LogP contribution in [0.2, 0.25) is 0 Å². The second-order valence-electron chi connectivity index (χ2n) is 10.2. The number of pyridine rings is 1. The van der Waals surface area contributed by atoms with Crippen molar-refractivity contribution in [3.05, 3.63) is 47.4 Å². The van der Waals surface area contributed by atoms with Crippen molar-refractivity contribution in [2.75, 3.05) is 4.72 Å². The molecule has 0 radical (unpaired) electrons. The summed E-state index contributed by atoms with van der Waals surface area (Å²) >= 11 is 0. The number of primary amides is 1. The first kappa shape index (κ1) is 25.2. The van der Waals surface area contributed by atoms with Gasteiger partial charge in [0.15, 0.2) is 0 Å². The lowest BCUT2D eigenvalue weighted by Gasteiger charge is -2.27. The van der Waals surface area contributed by atoms with E-state index in [0.717, 1.165) is 37.6 Å². The molecule has 0 spiro atoms. The number of carbonyl (C=O) groups is 1. The molecule has 0 aliphatic heterocycles. The zero-order valence-corrected chi connectivity index (χ0v) is 21.5. The summed E-state index contributed by atoms with van der Waals surface area (Å²) in [7, 11) is -3.62. The fourth-order valence-corrected chi connectivity index (χ4v) is 5.50. The summed E-state index contributed by atoms with van der Waals surface area (Å²) in [6, 6.07) is 6.66. The van der Waals surface area contributed by atoms with Gasteiger partial charge in [0.1, 0.15) is 5.82 Å². The monoisotopic (exact) mass is 500 g/mol. The van der Waals surface area contributed by atoms with E-state index in [0.29, 0.717) is 34.4 Å². The lowest BCUT2D eigenvalue weighted by molar-refractivity contribution is 0.100. The SMILES string of the molecule is CCc1cc2c(cc1F)c(C(N)=O)c(-c1ccc(NS(=O)(=O)C(C)(C)C)cn1)n2C1CCCCC1. The minimum atomic E-state index is -3.62. The number of nitrogens with one attached hydrogen (secondary N) is 1. The fraction of sp³-hybridized carbons (Fsp3) is 0.462. The zero-order valence-electron chi connectivity index (χ0n) is 20.7. The summed E-state index contributed by atoms with van der Waals surface area (Å²) in [6.07, 6.45) is 7.14. The first-order chi connectivity index (χ1) is 16.4. The highest BCUT2D eigenvalue weighted by molar-refractivity contribution is 7.94. The highest BCUT2D eigenvalue weighted by Crippen LogP contribution is 2.41. The lowest BCUT2D eigenvalue weighted by Crippen LogP contribution is -2.33. The second kappa shape index (κ2) is 9.26. The van der Waals surface area contributed by atoms with Gasteiger partial charge in [-0.1, -0.05) is 26.2 Å². The van der Waals surface area contributed by atoms with E-state index in [-0.39, 0.29) is 17.4 Å². The number of fused-ring (bicyclic) bond motifs is 1. The van der Waals surface area contributed by atoms with Gasteiger partial charge in [0.05, 0.1) is 39.1 Å². The molecule has 1 aliphatic rings. The Bertz CT molecular complexity index is 1370. The molecule has 3 N–H and O–H groups in total. The lowest BCUT2D eigenvalue weighted by atomic mass is 9.94. The molecule has 0 atom stereocenters. The molecule has 1 amide bonds. The van der Waals surface area contributed by atoms with Gasteiger partial charge < -0.3 is 10.3 Å². The topological polar surface area (TPSA) is 107 Å². The third-order valence-corrected chi connectivity index (χ3v) is 8.92. The Kier molecular flexibility index (Phi) is 6.66. The number of nitrogens with two attached hydrogens (primary N) is 1. The maximum atomic E-state index is 14.8. The first-order valence-corrected chi connectivity index (χ1v) is 13.6. The van der Waals surface area contributed by atoms with Crippen LogP contribution in [-0.2, 0) is 16.4 Å². The van der Waals surface area contributed by atoms with Gasteiger partial charge in [0.25, 0.3) is 5.91 Å². The Labute approximate surface area is 206 Å². The van der Waals surface area contributed by atoms with E-state index in [1.807, 2.05) is 13.0 Å². The van der Waals surface area contributed by atoms with Crippen LogP contribution in [0.3, 0.4) is 0 Å². The number of aromatic nitrogens is 2. The van der Waals surface area contributed by atoms with Crippen LogP contribution in [0.15, 0.2) is 30.5 Å². The van der Waals surface area contributed by atoms with Crippen molar-refractivity contribution >= 4 is 32.5 Å². The molecule has 1 fully saturated rings. The summed E-state index contributed by atoms with van der Waals surface area (Å²) in [5, 5.41) is 0.479. The number of anilines is 1. The van der Waals surface area contributed by atoms with Gasteiger partial charge in [0, 0.05) is 11.4 Å². The highest BCUT2D eigenvalue weighted by atomic mass is 32.2. The molecular formula is C26H33FN4O3S. The van der Waals surface area contributed by atoms with E-state index < -0.39 is 20.7 Å². The minimum Gasteiger partial charge on any atom is -0.366 e. The molecule has 1 aliphatic carbocycles. The largest absolute Gasteiger partial charge is 0.366 e. The van der Waals surface area contributed by atoms with Crippen LogP contribution >= 0.6 is 0 Å². The predicted octanol–water partition coefficient (Wildman–Crippen LogP) is 5.55. The number of nitrogens with zero attached hydrogens (tertiary/aromatic N) is 2. The summed E-state index contributed by atoms with van der Waals surface area (Å²) in [5.74, 6) is -1.02. The molecular weight excluding hydrogens is 467 g/mol. The van der Waals surface area contributed by atoms with Crippen molar-refractivity contribution in [3.8, 4) is 11.4 Å². The predicted molar refractivity (Wildman–Crippen MR) is 137 cm³/mol. The molecule has 0 saturated heterocycles. The molecule has 9 heteroatoms. The zero-order chi connectivity index (χ0) is 25.5. The Balaban J connectivity index is 1.92. The number of hydrogen-bond acceptors (Lipinski definition) is 4. The number of benzene rings is 1. The molecule has 4 rings (SSSR count). The molecule has 3 aromatic rings. The van der Waals surface area contributed by atoms with E-state index >= 15 is 0 Å². The van der Waals surface area contributed by atoms with Gasteiger partial charge in [-0.05, 0) is 69.9 Å². The van der Waals surface area contributed by atoms with Crippen molar-refractivity contribution in [2.45, 2.75) is 77.0 Å². The Morgan fingerprint density at radius 2 is 1.89 bits per heavy atom. The Morgan fingerprint density at radius 3 is 2.43 bits per heavy atom. The Hall–Kier alpha value is -2.94.